The molecule has 0 fully saturated rings. The van der Waals surface area contributed by atoms with Crippen LogP contribution in [0.4, 0.5) is 0 Å². The number of hydrogen-bond donors (Lipinski definition) is 0. The predicted octanol–water partition coefficient (Wildman–Crippen LogP) is -1.65. The van der Waals surface area contributed by atoms with Gasteiger partial charge in [0.25, 0.3) is 0 Å². The van der Waals surface area contributed by atoms with Gasteiger partial charge in [-0.1, -0.05) is 0 Å². The minimum Gasteiger partial charge on any atom is -2.00 e. The largest absolute Gasteiger partial charge is 4.00 e. The fraction of sp³-hybridized carbons (Fsp3) is 0. The van der Waals surface area contributed by atoms with Crippen LogP contribution in [0.15, 0.2) is 0 Å². The predicted molar refractivity (Wildman–Crippen MR) is 23.7 cm³/mol. The molecule has 0 aromatic carbocycles. The monoisotopic (exact) mass is 720 g/mol. The van der Waals surface area contributed by atoms with E-state index < -0.39 is 0 Å². The second-order valence-electron chi connectivity index (χ2n) is 0. The van der Waals surface area contributed by atoms with E-state index in [0.29, 0.717) is 0 Å². The van der Waals surface area contributed by atoms with Crippen molar-refractivity contribution in [3.05, 3.63) is 0 Å². The van der Waals surface area contributed by atoms with E-state index in [2.05, 4.69) is 0 Å². The molecule has 0 heterocycles. The topological polar surface area (TPSA) is 28.5 Å². The van der Waals surface area contributed by atoms with Gasteiger partial charge in [-0.15, -0.1) is 0 Å². The van der Waals surface area contributed by atoms with Crippen molar-refractivity contribution in [3.8, 4) is 0 Å². The van der Waals surface area contributed by atoms with Gasteiger partial charge in [0.05, 0.1) is 0 Å². The van der Waals surface area contributed by atoms with E-state index >= 15 is 0 Å². The van der Waals surface area contributed by atoms with Crippen LogP contribution in [0.1, 0.15) is 0 Å². The van der Waals surface area contributed by atoms with Crippen molar-refractivity contribution in [1.82, 2.24) is 0 Å². The first kappa shape index (κ1) is 71.8. The van der Waals surface area contributed by atoms with Gasteiger partial charge in [-0.2, -0.15) is 0 Å². The van der Waals surface area contributed by atoms with Crippen LogP contribution in [-0.2, 0) is 66.8 Å². The molecule has 0 saturated carbocycles. The second kappa shape index (κ2) is 56.0. The molecule has 8 heavy (non-hydrogen) atoms. The Bertz CT molecular complexity index is 18.0. The zero-order valence-corrected chi connectivity index (χ0v) is 24.0. The summed E-state index contributed by atoms with van der Waals surface area (Å²) in [5.41, 5.74) is 0. The normalized spacial score (nSPS) is 0. The smallest absolute Gasteiger partial charge is 2.00 e. The summed E-state index contributed by atoms with van der Waals surface area (Å²) in [4.78, 5) is 0. The van der Waals surface area contributed by atoms with Gasteiger partial charge in [-0.05, 0) is 0 Å². The molecule has 8 heteroatoms. The molecule has 18 valence electrons. The molecule has 0 rings (SSSR count). The van der Waals surface area contributed by atoms with E-state index in [1.54, 1.807) is 0 Å². The molecule has 0 N–H and O–H groups in total. The van der Waals surface area contributed by atoms with Crippen LogP contribution in [0.2, 0.25) is 0 Å². The first-order valence-electron chi connectivity index (χ1n) is 0. The molecule has 1 nitrogen and oxygen atoms in total. The first-order valence-corrected chi connectivity index (χ1v) is 0. The third kappa shape index (κ3) is 42.7. The average Bonchev–Trinajstić information content (AvgIpc) is 0. The number of hydrogen-bond acceptors (Lipinski definition) is 0. The Kier molecular flexibility index (Phi) is 503. The fourth-order valence-electron chi connectivity index (χ4n) is 0. The Morgan fingerprint density at radius 1 is 0.625 bits per heavy atom. The summed E-state index contributed by atoms with van der Waals surface area (Å²) < 4.78 is 0. The van der Waals surface area contributed by atoms with Crippen LogP contribution < -0.4 is 0 Å². The van der Waals surface area contributed by atoms with Gasteiger partial charge in [-0.25, -0.2) is 0 Å². The van der Waals surface area contributed by atoms with Crippen molar-refractivity contribution in [2.45, 2.75) is 0 Å². The van der Waals surface area contributed by atoms with E-state index in [9.17, 15) is 0 Å². The van der Waals surface area contributed by atoms with Crippen LogP contribution in [0, 0.1) is 0 Å². The zero-order chi connectivity index (χ0) is 0. The van der Waals surface area contributed by atoms with Gasteiger partial charge in [0.1, 0.15) is 0 Å². The molecular weight excluding hydrogens is 722 g/mol. The van der Waals surface area contributed by atoms with Gasteiger partial charge in [0.2, 0.25) is 0 Å². The van der Waals surface area contributed by atoms with Crippen molar-refractivity contribution in [3.63, 3.8) is 0 Å². The Labute approximate surface area is 162 Å². The van der Waals surface area contributed by atoms with Gasteiger partial charge >= 0.3 is 161 Å². The van der Waals surface area contributed by atoms with Gasteiger partial charge in [0, 0.05) is 0 Å². The molecule has 0 aliphatic carbocycles. The van der Waals surface area contributed by atoms with Crippen molar-refractivity contribution < 1.29 is 66.8 Å². The van der Waals surface area contributed by atoms with Crippen molar-refractivity contribution in [2.75, 3.05) is 0 Å². The third-order valence-corrected chi connectivity index (χ3v) is 0. The van der Waals surface area contributed by atoms with Gasteiger partial charge < -0.3 is 5.48 Å². The molecule has 0 radical (unpaired) electrons. The average molecular weight is 722 g/mol. The molecule has 0 aromatic heterocycles. The van der Waals surface area contributed by atoms with E-state index in [4.69, 9.17) is 0 Å². The summed E-state index contributed by atoms with van der Waals surface area (Å²) >= 11 is 0. The summed E-state index contributed by atoms with van der Waals surface area (Å²) in [6.45, 7) is 0. The van der Waals surface area contributed by atoms with Crippen molar-refractivity contribution in [1.29, 1.82) is 0 Å². The second-order valence-corrected chi connectivity index (χ2v) is 0. The van der Waals surface area contributed by atoms with Crippen molar-refractivity contribution >= 4 is 99.5 Å². The SMILES string of the molecule is [Ag+].[In+3].[In+3].[O-2].[Sn+4].[Sn+4].[Zn+2].[Zn+2]. The van der Waals surface area contributed by atoms with Crippen molar-refractivity contribution in [2.24, 2.45) is 0 Å². The van der Waals surface area contributed by atoms with Crippen LogP contribution >= 0.6 is 0 Å². The zero-order valence-electron chi connectivity index (χ0n) is 4.28. The van der Waals surface area contributed by atoms with Crippen LogP contribution in [-0.4, -0.2) is 99.5 Å². The summed E-state index contributed by atoms with van der Waals surface area (Å²) in [5.74, 6) is 0. The minimum absolute atomic E-state index is 0. The Hall–Kier alpha value is 5.28. The fourth-order valence-corrected chi connectivity index (χ4v) is 0. The molecule has 0 atom stereocenters. The molecule has 0 unspecified atom stereocenters. The summed E-state index contributed by atoms with van der Waals surface area (Å²) in [6, 6.07) is 0. The van der Waals surface area contributed by atoms with Gasteiger partial charge in [0.15, 0.2) is 0 Å². The molecule has 0 spiro atoms. The Morgan fingerprint density at radius 2 is 0.625 bits per heavy atom. The van der Waals surface area contributed by atoms with E-state index in [-0.39, 0.29) is 166 Å². The van der Waals surface area contributed by atoms with Crippen LogP contribution in [0.5, 0.6) is 0 Å². The van der Waals surface area contributed by atoms with E-state index in [1.165, 1.54) is 0 Å². The maximum absolute atomic E-state index is 0. The van der Waals surface area contributed by atoms with E-state index in [1.807, 2.05) is 0 Å². The summed E-state index contributed by atoms with van der Waals surface area (Å²) in [5, 5.41) is 0. The first-order chi connectivity index (χ1) is 0. The molecule has 0 aliphatic rings. The maximum atomic E-state index is 0. The molecule has 0 aromatic rings. The Balaban J connectivity index is 0. The molecule has 0 saturated heterocycles. The Morgan fingerprint density at radius 3 is 0.625 bits per heavy atom. The number of rotatable bonds is 0. The molecular formula is AgIn2OSn2Zn2+17. The quantitative estimate of drug-likeness (QED) is 0.269. The van der Waals surface area contributed by atoms with E-state index in [0.717, 1.165) is 0 Å². The molecule has 0 bridgehead atoms. The standard InChI is InChI=1S/Ag.2In.O.2Sn.2Zn/q+1;2*+3;-2;2*+4;2*+2. The maximum Gasteiger partial charge on any atom is 4.00 e. The summed E-state index contributed by atoms with van der Waals surface area (Å²) in [7, 11) is 0. The van der Waals surface area contributed by atoms with Gasteiger partial charge in [-0.3, -0.25) is 0 Å². The van der Waals surface area contributed by atoms with Crippen LogP contribution in [0.25, 0.3) is 0 Å². The molecule has 0 amide bonds. The minimum atomic E-state index is 0. The summed E-state index contributed by atoms with van der Waals surface area (Å²) in [6.07, 6.45) is 0. The van der Waals surface area contributed by atoms with Crippen LogP contribution in [0.3, 0.4) is 0 Å². The third-order valence-electron chi connectivity index (χ3n) is 0. The molecule has 0 aliphatic heterocycles.